The molecule has 0 aliphatic heterocycles. The summed E-state index contributed by atoms with van der Waals surface area (Å²) in [4.78, 5) is 63.8. The van der Waals surface area contributed by atoms with Crippen LogP contribution in [0.1, 0.15) is 23.6 Å². The molecule has 89 heavy (non-hydrogen) atoms. The van der Waals surface area contributed by atoms with Gasteiger partial charge in [-0.25, -0.2) is 73.1 Å². The van der Waals surface area contributed by atoms with Gasteiger partial charge in [0.1, 0.15) is 14.1 Å². The number of H-pyrrole nitrogens is 1. The van der Waals surface area contributed by atoms with Gasteiger partial charge < -0.3 is 10.4 Å². The average molecular weight is 1410 g/mol. The molecule has 0 amide bonds. The van der Waals surface area contributed by atoms with E-state index in [0.29, 0.717) is 19.7 Å². The van der Waals surface area contributed by atoms with Crippen LogP contribution in [-0.2, 0) is 50.0 Å². The Morgan fingerprint density at radius 1 is 0.539 bits per heavy atom. The molecule has 11 rings (SSSR count). The Hall–Kier alpha value is -6.72. The molecular weight excluding hydrogens is 1370 g/mol. The van der Waals surface area contributed by atoms with E-state index >= 15 is 0 Å². The molecule has 6 heterocycles. The number of nitrogens with zero attached hydrogens (tertiary/aromatic N) is 8. The van der Waals surface area contributed by atoms with E-state index in [0.717, 1.165) is 87.5 Å². The molecule has 3 N–H and O–H groups in total. The lowest BCUT2D eigenvalue weighted by molar-refractivity contribution is 0.281. The standard InChI is InChI=1S/C23H22F2N4O4S3.C20H14ClF2N3O3S3.C12H6ClF2N3OS2/c1-14(12-30)26-20-19-21(28-22(27-20)34-13-15-6-5-9-17(24)18(15)25)29(23(31)35-19)10-11-36(32,33)16-7-3-2-4-8-16;21-17-16-18(25-19(24-17)30-11-12-5-4-8-14(22)15(12)23)26(20(27)31-16)9-10-32(28,29)13-6-2-1-3-7-13;13-9-8-10(18-12(19)21-8)17-11(16-9)20-4-5-2-1-3-6(14)7(5)15/h2-9,14,30H,10-13H2,1H3,(H,26,27,28);1-8H,9-11H2;1-3H,4H2,(H,16,17,18,19)/t14-;;/m1../s1. The van der Waals surface area contributed by atoms with Crippen molar-refractivity contribution in [2.75, 3.05) is 23.4 Å². The molecule has 0 spiro atoms. The van der Waals surface area contributed by atoms with E-state index in [-0.39, 0.29) is 123 Å². The summed E-state index contributed by atoms with van der Waals surface area (Å²) in [5, 5.41) is 13.3. The van der Waals surface area contributed by atoms with Crippen molar-refractivity contribution < 1.29 is 48.3 Å². The van der Waals surface area contributed by atoms with Gasteiger partial charge >= 0.3 is 14.6 Å². The van der Waals surface area contributed by atoms with Crippen molar-refractivity contribution >= 4 is 149 Å². The zero-order valence-corrected chi connectivity index (χ0v) is 53.4. The van der Waals surface area contributed by atoms with Crippen LogP contribution in [-0.4, -0.2) is 90.1 Å². The quantitative estimate of drug-likeness (QED) is 0.0277. The van der Waals surface area contributed by atoms with E-state index in [1.165, 1.54) is 69.8 Å². The van der Waals surface area contributed by atoms with Crippen molar-refractivity contribution in [2.24, 2.45) is 0 Å². The lowest BCUT2D eigenvalue weighted by atomic mass is 10.2. The summed E-state index contributed by atoms with van der Waals surface area (Å²) in [5.74, 6) is -5.73. The van der Waals surface area contributed by atoms with E-state index in [1.54, 1.807) is 43.3 Å². The molecule has 0 aliphatic carbocycles. The molecule has 5 aromatic carbocycles. The monoisotopic (exact) mass is 1410 g/mol. The third-order valence-corrected chi connectivity index (χ3v) is 22.1. The third-order valence-electron chi connectivity index (χ3n) is 12.4. The van der Waals surface area contributed by atoms with Crippen LogP contribution in [0.3, 0.4) is 0 Å². The predicted octanol–water partition coefficient (Wildman–Crippen LogP) is 11.8. The fourth-order valence-electron chi connectivity index (χ4n) is 7.90. The number of sulfone groups is 2. The van der Waals surface area contributed by atoms with Crippen molar-refractivity contribution in [3.63, 3.8) is 0 Å². The Bertz CT molecular complexity index is 4820. The maximum atomic E-state index is 14.1. The number of benzene rings is 5. The first-order valence-corrected chi connectivity index (χ1v) is 35.1. The van der Waals surface area contributed by atoms with E-state index in [2.05, 4.69) is 40.2 Å². The van der Waals surface area contributed by atoms with Crippen molar-refractivity contribution in [1.82, 2.24) is 44.0 Å². The molecule has 18 nitrogen and oxygen atoms in total. The molecule has 1 atom stereocenters. The van der Waals surface area contributed by atoms with Crippen molar-refractivity contribution in [3.05, 3.63) is 206 Å². The second kappa shape index (κ2) is 29.5. The summed E-state index contributed by atoms with van der Waals surface area (Å²) in [7, 11) is -7.26. The number of aromatic amines is 1. The maximum Gasteiger partial charge on any atom is 0.309 e. The van der Waals surface area contributed by atoms with Gasteiger partial charge in [0.05, 0.1) is 27.9 Å². The summed E-state index contributed by atoms with van der Waals surface area (Å²) in [6, 6.07) is 27.2. The SMILES string of the molecule is C[C@H](CO)Nc1nc(SCc2cccc(F)c2F)nc2c1sc(=O)n2CCS(=O)(=O)c1ccccc1.O=c1[nH]c2nc(SCc3cccc(F)c3F)nc(Cl)c2s1.O=c1sc2c(Cl)nc(SCc3cccc(F)c3F)nc2n1CCS(=O)(=O)c1ccccc1. The highest BCUT2D eigenvalue weighted by Gasteiger charge is 2.24. The fourth-order valence-corrected chi connectivity index (χ4v) is 15.9. The van der Waals surface area contributed by atoms with Gasteiger partial charge in [-0.15, -0.1) is 0 Å². The molecule has 0 fully saturated rings. The second-order valence-corrected chi connectivity index (χ2v) is 29.2. The minimum atomic E-state index is -3.65. The number of halogens is 8. The zero-order valence-electron chi connectivity index (χ0n) is 45.4. The number of rotatable bonds is 20. The fraction of sp³-hybridized carbons (Fsp3) is 0.182. The van der Waals surface area contributed by atoms with E-state index in [1.807, 2.05) is 0 Å². The zero-order chi connectivity index (χ0) is 63.7. The van der Waals surface area contributed by atoms with Gasteiger partial charge in [-0.3, -0.25) is 28.5 Å². The molecule has 0 bridgehead atoms. The number of nitrogens with one attached hydrogen (secondary N) is 2. The van der Waals surface area contributed by atoms with Crippen LogP contribution in [0.5, 0.6) is 0 Å². The summed E-state index contributed by atoms with van der Waals surface area (Å²) < 4.78 is 136. The van der Waals surface area contributed by atoms with Crippen LogP contribution in [0.25, 0.3) is 31.0 Å². The van der Waals surface area contributed by atoms with Crippen LogP contribution >= 0.6 is 92.5 Å². The van der Waals surface area contributed by atoms with Crippen LogP contribution in [0, 0.1) is 34.9 Å². The lowest BCUT2D eigenvalue weighted by Crippen LogP contribution is -2.21. The summed E-state index contributed by atoms with van der Waals surface area (Å²) in [6.07, 6.45) is 0. The molecule has 0 radical (unpaired) electrons. The molecular formula is C55H42Cl2F6N10O8S8. The molecule has 0 saturated carbocycles. The van der Waals surface area contributed by atoms with Gasteiger partial charge in [-0.2, -0.15) is 0 Å². The van der Waals surface area contributed by atoms with Gasteiger partial charge in [-0.05, 0) is 49.4 Å². The number of hydrogen-bond acceptors (Lipinski definition) is 21. The number of thiazole rings is 3. The van der Waals surface area contributed by atoms with E-state index in [9.17, 15) is 62.7 Å². The molecule has 0 aliphatic rings. The number of aliphatic hydroxyl groups excluding tert-OH is 1. The first-order valence-electron chi connectivity index (χ1n) is 25.6. The number of aromatic nitrogens is 9. The van der Waals surface area contributed by atoms with Crippen LogP contribution in [0.15, 0.2) is 155 Å². The van der Waals surface area contributed by atoms with Gasteiger partial charge in [0.2, 0.25) is 0 Å². The van der Waals surface area contributed by atoms with Gasteiger partial charge in [0.15, 0.2) is 103 Å². The molecule has 0 unspecified atom stereocenters. The summed E-state index contributed by atoms with van der Waals surface area (Å²) >= 11 is 17.9. The third kappa shape index (κ3) is 16.4. The Morgan fingerprint density at radius 2 is 0.944 bits per heavy atom. The van der Waals surface area contributed by atoms with Crippen LogP contribution in [0.2, 0.25) is 10.3 Å². The minimum absolute atomic E-state index is 0.0286. The average Bonchev–Trinajstić information content (AvgIpc) is 1.82. The molecule has 11 aromatic rings. The number of hydrogen-bond donors (Lipinski definition) is 3. The highest BCUT2D eigenvalue weighted by molar-refractivity contribution is 7.98. The predicted molar refractivity (Wildman–Crippen MR) is 336 cm³/mol. The number of thioether (sulfide) groups is 3. The Labute approximate surface area is 535 Å². The summed E-state index contributed by atoms with van der Waals surface area (Å²) in [6.45, 7) is 1.26. The number of aryl methyl sites for hydroxylation is 2. The molecule has 6 aromatic heterocycles. The Balaban J connectivity index is 0.000000164. The Kier molecular flexibility index (Phi) is 22.1. The number of fused-ring (bicyclic) bond motifs is 3. The highest BCUT2D eigenvalue weighted by atomic mass is 35.5. The first-order chi connectivity index (χ1) is 42.5. The summed E-state index contributed by atoms with van der Waals surface area (Å²) in [5.41, 5.74) is 1.22. The van der Waals surface area contributed by atoms with Crippen LogP contribution < -0.4 is 19.9 Å². The van der Waals surface area contributed by atoms with Crippen molar-refractivity contribution in [1.29, 1.82) is 0 Å². The smallest absolute Gasteiger partial charge is 0.309 e. The topological polar surface area (TPSA) is 255 Å². The van der Waals surface area contributed by atoms with Gasteiger partial charge in [0, 0.05) is 53.1 Å². The second-order valence-electron chi connectivity index (χ2n) is 18.5. The number of anilines is 1. The minimum Gasteiger partial charge on any atom is -0.394 e. The highest BCUT2D eigenvalue weighted by Crippen LogP contribution is 2.33. The van der Waals surface area contributed by atoms with Gasteiger partial charge in [-0.1, -0.05) is 165 Å². The van der Waals surface area contributed by atoms with Crippen molar-refractivity contribution in [3.8, 4) is 0 Å². The van der Waals surface area contributed by atoms with Crippen molar-refractivity contribution in [2.45, 2.75) is 68.6 Å². The van der Waals surface area contributed by atoms with Gasteiger partial charge in [0.25, 0.3) is 0 Å². The van der Waals surface area contributed by atoms with E-state index < -0.39 is 70.4 Å². The first kappa shape index (κ1) is 66.7. The molecule has 34 heteroatoms. The van der Waals surface area contributed by atoms with Crippen LogP contribution in [0.4, 0.5) is 32.2 Å². The lowest BCUT2D eigenvalue weighted by Gasteiger charge is -2.13. The normalized spacial score (nSPS) is 12.0. The molecule has 0 saturated heterocycles. The molecule has 464 valence electrons. The maximum absolute atomic E-state index is 14.1. The Morgan fingerprint density at radius 3 is 1.39 bits per heavy atom. The number of aliphatic hydroxyl groups is 1. The largest absolute Gasteiger partial charge is 0.394 e. The van der Waals surface area contributed by atoms with E-state index in [4.69, 9.17) is 23.2 Å².